The number of aromatic nitrogens is 3. The van der Waals surface area contributed by atoms with E-state index >= 15 is 0 Å². The van der Waals surface area contributed by atoms with Gasteiger partial charge in [-0.1, -0.05) is 13.8 Å². The Labute approximate surface area is 120 Å². The zero-order valence-corrected chi connectivity index (χ0v) is 12.8. The Morgan fingerprint density at radius 1 is 1.15 bits per heavy atom. The second-order valence-corrected chi connectivity index (χ2v) is 6.01. The third kappa shape index (κ3) is 2.03. The van der Waals surface area contributed by atoms with Gasteiger partial charge in [0.1, 0.15) is 11.3 Å². The van der Waals surface area contributed by atoms with Crippen LogP contribution < -0.4 is 4.90 Å². The highest BCUT2D eigenvalue weighted by Crippen LogP contribution is 2.40. The van der Waals surface area contributed by atoms with E-state index in [1.54, 1.807) is 0 Å². The maximum Gasteiger partial charge on any atom is 0.155 e. The van der Waals surface area contributed by atoms with Gasteiger partial charge in [-0.25, -0.2) is 15.0 Å². The molecule has 0 unspecified atom stereocenters. The molecule has 0 N–H and O–H groups in total. The lowest BCUT2D eigenvalue weighted by atomic mass is 9.75. The van der Waals surface area contributed by atoms with Crippen LogP contribution in [0.3, 0.4) is 0 Å². The summed E-state index contributed by atoms with van der Waals surface area (Å²) < 4.78 is 0. The quantitative estimate of drug-likeness (QED) is 0.858. The summed E-state index contributed by atoms with van der Waals surface area (Å²) in [7, 11) is 0. The van der Waals surface area contributed by atoms with E-state index in [0.29, 0.717) is 5.41 Å². The molecular weight excluding hydrogens is 248 g/mol. The van der Waals surface area contributed by atoms with Crippen molar-refractivity contribution in [3.8, 4) is 0 Å². The number of nitrogens with zero attached hydrogens (tertiary/aromatic N) is 4. The average Bonchev–Trinajstić information content (AvgIpc) is 2.39. The Kier molecular flexibility index (Phi) is 3.11. The predicted octanol–water partition coefficient (Wildman–Crippen LogP) is 3.27. The normalized spacial score (nSPS) is 17.3. The van der Waals surface area contributed by atoms with E-state index in [1.807, 2.05) is 20.0 Å². The summed E-state index contributed by atoms with van der Waals surface area (Å²) in [5.41, 5.74) is 2.49. The predicted molar refractivity (Wildman–Crippen MR) is 82.0 cm³/mol. The second kappa shape index (κ2) is 4.69. The van der Waals surface area contributed by atoms with Crippen LogP contribution in [0.25, 0.3) is 10.9 Å². The monoisotopic (exact) mass is 270 g/mol. The van der Waals surface area contributed by atoms with Crippen molar-refractivity contribution in [1.82, 2.24) is 15.0 Å². The van der Waals surface area contributed by atoms with Crippen LogP contribution in [-0.2, 0) is 0 Å². The Balaban J connectivity index is 2.02. The number of aryl methyl sites for hydroxylation is 2. The zero-order chi connectivity index (χ0) is 14.3. The fourth-order valence-corrected chi connectivity index (χ4v) is 3.07. The molecule has 0 amide bonds. The van der Waals surface area contributed by atoms with E-state index in [0.717, 1.165) is 41.3 Å². The topological polar surface area (TPSA) is 41.9 Å². The molecule has 4 heteroatoms. The van der Waals surface area contributed by atoms with E-state index < -0.39 is 0 Å². The third-order valence-electron chi connectivity index (χ3n) is 4.65. The molecule has 3 heterocycles. The Morgan fingerprint density at radius 3 is 2.50 bits per heavy atom. The molecule has 3 rings (SSSR count). The second-order valence-electron chi connectivity index (χ2n) is 6.01. The summed E-state index contributed by atoms with van der Waals surface area (Å²) in [5, 5.41) is 1.09. The van der Waals surface area contributed by atoms with Crippen LogP contribution in [0.15, 0.2) is 12.3 Å². The van der Waals surface area contributed by atoms with Crippen molar-refractivity contribution >= 4 is 16.7 Å². The number of fused-ring (bicyclic) bond motifs is 1. The Morgan fingerprint density at radius 2 is 1.85 bits per heavy atom. The van der Waals surface area contributed by atoms with Crippen molar-refractivity contribution in [2.75, 3.05) is 18.0 Å². The molecule has 1 saturated heterocycles. The van der Waals surface area contributed by atoms with Gasteiger partial charge in [0.25, 0.3) is 0 Å². The maximum absolute atomic E-state index is 4.73. The van der Waals surface area contributed by atoms with Crippen LogP contribution in [0, 0.1) is 19.3 Å². The highest BCUT2D eigenvalue weighted by Gasteiger charge is 2.41. The first-order chi connectivity index (χ1) is 9.57. The molecule has 0 bridgehead atoms. The number of pyridine rings is 1. The van der Waals surface area contributed by atoms with E-state index in [1.165, 1.54) is 12.8 Å². The van der Waals surface area contributed by atoms with Gasteiger partial charge >= 0.3 is 0 Å². The van der Waals surface area contributed by atoms with Gasteiger partial charge in [-0.05, 0) is 32.8 Å². The molecule has 0 aromatic carbocycles. The molecule has 1 aliphatic rings. The van der Waals surface area contributed by atoms with Gasteiger partial charge in [-0.15, -0.1) is 0 Å². The maximum atomic E-state index is 4.73. The first-order valence-electron chi connectivity index (χ1n) is 7.43. The molecule has 2 aromatic rings. The van der Waals surface area contributed by atoms with Gasteiger partial charge in [0.15, 0.2) is 5.82 Å². The number of hydrogen-bond donors (Lipinski definition) is 0. The highest BCUT2D eigenvalue weighted by molar-refractivity contribution is 5.88. The molecule has 0 atom stereocenters. The van der Waals surface area contributed by atoms with Gasteiger partial charge < -0.3 is 4.90 Å². The molecule has 1 fully saturated rings. The lowest BCUT2D eigenvalue weighted by Gasteiger charge is -2.50. The molecule has 0 spiro atoms. The fourth-order valence-electron chi connectivity index (χ4n) is 3.07. The summed E-state index contributed by atoms with van der Waals surface area (Å²) in [6, 6.07) is 2.06. The van der Waals surface area contributed by atoms with Crippen LogP contribution in [0.5, 0.6) is 0 Å². The minimum absolute atomic E-state index is 0.472. The molecule has 0 aliphatic carbocycles. The van der Waals surface area contributed by atoms with Crippen LogP contribution in [0.1, 0.15) is 38.2 Å². The lowest BCUT2D eigenvalue weighted by molar-refractivity contribution is 0.194. The standard InChI is InChI=1S/C16H22N4/c1-5-16(6-2)9-20(10-16)15-14-13(7-11(3)18-15)8-17-12(4)19-14/h7-8H,5-6,9-10H2,1-4H3. The van der Waals surface area contributed by atoms with E-state index in [2.05, 4.69) is 34.8 Å². The van der Waals surface area contributed by atoms with Crippen LogP contribution in [-0.4, -0.2) is 28.0 Å². The smallest absolute Gasteiger partial charge is 0.155 e. The molecule has 0 saturated carbocycles. The largest absolute Gasteiger partial charge is 0.354 e. The van der Waals surface area contributed by atoms with Gasteiger partial charge in [0.2, 0.25) is 0 Å². The zero-order valence-electron chi connectivity index (χ0n) is 12.8. The van der Waals surface area contributed by atoms with Crippen LogP contribution >= 0.6 is 0 Å². The molecule has 4 nitrogen and oxygen atoms in total. The van der Waals surface area contributed by atoms with Crippen molar-refractivity contribution in [3.05, 3.63) is 23.8 Å². The number of anilines is 1. The first kappa shape index (κ1) is 13.3. The number of rotatable bonds is 3. The minimum Gasteiger partial charge on any atom is -0.354 e. The van der Waals surface area contributed by atoms with E-state index in [9.17, 15) is 0 Å². The Bertz CT molecular complexity index is 638. The summed E-state index contributed by atoms with van der Waals surface area (Å²) in [4.78, 5) is 16.0. The molecule has 106 valence electrons. The van der Waals surface area contributed by atoms with E-state index in [-0.39, 0.29) is 0 Å². The Hall–Kier alpha value is -1.71. The summed E-state index contributed by atoms with van der Waals surface area (Å²) in [6.07, 6.45) is 4.37. The summed E-state index contributed by atoms with van der Waals surface area (Å²) >= 11 is 0. The summed E-state index contributed by atoms with van der Waals surface area (Å²) in [5.74, 6) is 1.84. The van der Waals surface area contributed by atoms with Crippen molar-refractivity contribution in [3.63, 3.8) is 0 Å². The minimum atomic E-state index is 0.472. The SMILES string of the molecule is CCC1(CC)CN(c2nc(C)cc3cnc(C)nc23)C1. The molecule has 20 heavy (non-hydrogen) atoms. The molecule has 2 aromatic heterocycles. The fraction of sp³-hybridized carbons (Fsp3) is 0.562. The van der Waals surface area contributed by atoms with E-state index in [4.69, 9.17) is 4.98 Å². The van der Waals surface area contributed by atoms with Crippen molar-refractivity contribution in [1.29, 1.82) is 0 Å². The van der Waals surface area contributed by atoms with Gasteiger partial charge in [0.05, 0.1) is 0 Å². The highest BCUT2D eigenvalue weighted by atomic mass is 15.3. The van der Waals surface area contributed by atoms with Crippen molar-refractivity contribution < 1.29 is 0 Å². The van der Waals surface area contributed by atoms with Gasteiger partial charge in [0, 0.05) is 35.8 Å². The number of hydrogen-bond acceptors (Lipinski definition) is 4. The van der Waals surface area contributed by atoms with Crippen molar-refractivity contribution in [2.24, 2.45) is 5.41 Å². The molecular formula is C16H22N4. The lowest BCUT2D eigenvalue weighted by Crippen LogP contribution is -2.56. The summed E-state index contributed by atoms with van der Waals surface area (Å²) in [6.45, 7) is 10.7. The third-order valence-corrected chi connectivity index (χ3v) is 4.65. The van der Waals surface area contributed by atoms with Gasteiger partial charge in [-0.3, -0.25) is 0 Å². The molecule has 1 aliphatic heterocycles. The molecule has 0 radical (unpaired) electrons. The van der Waals surface area contributed by atoms with Crippen LogP contribution in [0.2, 0.25) is 0 Å². The van der Waals surface area contributed by atoms with Crippen molar-refractivity contribution in [2.45, 2.75) is 40.5 Å². The van der Waals surface area contributed by atoms with Gasteiger partial charge in [-0.2, -0.15) is 0 Å². The average molecular weight is 270 g/mol. The first-order valence-corrected chi connectivity index (χ1v) is 7.43. The van der Waals surface area contributed by atoms with Crippen LogP contribution in [0.4, 0.5) is 5.82 Å².